The van der Waals surface area contributed by atoms with Gasteiger partial charge >= 0.3 is 0 Å². The van der Waals surface area contributed by atoms with Gasteiger partial charge in [-0.3, -0.25) is 4.79 Å². The van der Waals surface area contributed by atoms with E-state index >= 15 is 0 Å². The fourth-order valence-corrected chi connectivity index (χ4v) is 12.1. The van der Waals surface area contributed by atoms with E-state index in [0.717, 1.165) is 57.8 Å². The average Bonchev–Trinajstić information content (AvgIpc) is 3.51. The third kappa shape index (κ3) is 70.7. The minimum Gasteiger partial charge on any atom is -0.394 e. The fraction of sp³-hybridized carbons (Fsp3) is 0.861. The fourth-order valence-electron chi connectivity index (χ4n) is 12.1. The van der Waals surface area contributed by atoms with E-state index in [0.29, 0.717) is 12.8 Å². The van der Waals surface area contributed by atoms with Crippen molar-refractivity contribution in [1.82, 2.24) is 5.32 Å². The summed E-state index contributed by atoms with van der Waals surface area (Å²) in [5.74, 6) is -0.0221. The maximum Gasteiger partial charge on any atom is 0.220 e. The molecule has 0 aromatic rings. The summed E-state index contributed by atoms with van der Waals surface area (Å²) in [7, 11) is 0. The summed E-state index contributed by atoms with van der Waals surface area (Å²) in [5.41, 5.74) is 0. The van der Waals surface area contributed by atoms with Gasteiger partial charge < -0.3 is 15.5 Å². The lowest BCUT2D eigenvalue weighted by atomic mass is 10.0. The second kappa shape index (κ2) is 74.3. The first-order chi connectivity index (χ1) is 41.2. The molecule has 0 aliphatic heterocycles. The summed E-state index contributed by atoms with van der Waals surface area (Å²) < 4.78 is 0. The number of carbonyl (C=O) groups is 1. The molecule has 0 bridgehead atoms. The van der Waals surface area contributed by atoms with Crippen LogP contribution in [0.3, 0.4) is 0 Å². The van der Waals surface area contributed by atoms with Crippen LogP contribution in [0.2, 0.25) is 0 Å². The maximum atomic E-state index is 12.6. The Balaban J connectivity index is 3.37. The molecule has 83 heavy (non-hydrogen) atoms. The van der Waals surface area contributed by atoms with Crippen molar-refractivity contribution in [3.05, 3.63) is 60.8 Å². The van der Waals surface area contributed by atoms with Crippen LogP contribution in [0.5, 0.6) is 0 Å². The molecule has 1 amide bonds. The van der Waals surface area contributed by atoms with E-state index in [4.69, 9.17) is 0 Å². The first-order valence-corrected chi connectivity index (χ1v) is 38.0. The van der Waals surface area contributed by atoms with Crippen molar-refractivity contribution in [2.45, 2.75) is 431 Å². The Bertz CT molecular complexity index is 1360. The molecule has 0 aromatic heterocycles. The standard InChI is InChI=1S/C79H149NO3/c1-3-5-7-9-11-13-15-17-19-21-23-25-27-29-31-33-35-36-37-38-39-40-41-42-43-44-45-47-49-51-53-55-57-59-61-63-65-67-69-71-73-75-79(83)80-77(76-81)78(82)74-72-70-68-66-64-62-60-58-56-54-52-50-48-46-34-32-30-28-26-24-22-20-18-16-14-12-10-8-6-4-2/h5,7,11,13,17,19,23,25,29,31,77-78,81-82H,3-4,6,8-10,12,14-16,18,20-22,24,26-28,30,32-76H2,1-2H3,(H,80,83)/b7-5-,13-11-,19-17-,25-23-,31-29-. The smallest absolute Gasteiger partial charge is 0.220 e. The molecule has 0 spiro atoms. The third-order valence-corrected chi connectivity index (χ3v) is 17.8. The highest BCUT2D eigenvalue weighted by Crippen LogP contribution is 2.20. The Kier molecular flexibility index (Phi) is 72.6. The van der Waals surface area contributed by atoms with Crippen molar-refractivity contribution < 1.29 is 15.0 Å². The number of allylic oxidation sites excluding steroid dienone is 10. The van der Waals surface area contributed by atoms with Gasteiger partial charge in [-0.25, -0.2) is 0 Å². The van der Waals surface area contributed by atoms with E-state index in [9.17, 15) is 15.0 Å². The first-order valence-electron chi connectivity index (χ1n) is 38.0. The molecule has 0 aromatic carbocycles. The Morgan fingerprint density at radius 3 is 0.795 bits per heavy atom. The third-order valence-electron chi connectivity index (χ3n) is 17.8. The summed E-state index contributed by atoms with van der Waals surface area (Å²) in [6.07, 6.45) is 106. The molecule has 0 radical (unpaired) electrons. The molecular formula is C79H149NO3. The van der Waals surface area contributed by atoms with Crippen LogP contribution in [-0.2, 0) is 4.79 Å². The van der Waals surface area contributed by atoms with Crippen LogP contribution in [0.25, 0.3) is 0 Å². The highest BCUT2D eigenvalue weighted by atomic mass is 16.3. The zero-order chi connectivity index (χ0) is 59.8. The average molecular weight is 1160 g/mol. The summed E-state index contributed by atoms with van der Waals surface area (Å²) >= 11 is 0. The van der Waals surface area contributed by atoms with Gasteiger partial charge in [0.2, 0.25) is 5.91 Å². The lowest BCUT2D eigenvalue weighted by Gasteiger charge is -2.22. The largest absolute Gasteiger partial charge is 0.394 e. The van der Waals surface area contributed by atoms with Crippen molar-refractivity contribution in [3.8, 4) is 0 Å². The lowest BCUT2D eigenvalue weighted by molar-refractivity contribution is -0.123. The van der Waals surface area contributed by atoms with Gasteiger partial charge in [0, 0.05) is 6.42 Å². The number of hydrogen-bond acceptors (Lipinski definition) is 3. The van der Waals surface area contributed by atoms with E-state index < -0.39 is 12.1 Å². The molecule has 0 saturated heterocycles. The van der Waals surface area contributed by atoms with Crippen molar-refractivity contribution in [2.75, 3.05) is 6.61 Å². The second-order valence-electron chi connectivity index (χ2n) is 26.1. The molecule has 0 heterocycles. The topological polar surface area (TPSA) is 69.6 Å². The minimum absolute atomic E-state index is 0.0221. The van der Waals surface area contributed by atoms with E-state index in [1.807, 2.05) is 0 Å². The van der Waals surface area contributed by atoms with Gasteiger partial charge in [-0.05, 0) is 57.8 Å². The van der Waals surface area contributed by atoms with Gasteiger partial charge in [-0.2, -0.15) is 0 Å². The summed E-state index contributed by atoms with van der Waals surface area (Å²) in [6, 6.07) is -0.537. The van der Waals surface area contributed by atoms with Crippen LogP contribution >= 0.6 is 0 Å². The number of nitrogens with one attached hydrogen (secondary N) is 1. The second-order valence-corrected chi connectivity index (χ2v) is 26.1. The van der Waals surface area contributed by atoms with Gasteiger partial charge in [0.25, 0.3) is 0 Å². The van der Waals surface area contributed by atoms with Gasteiger partial charge in [0.15, 0.2) is 0 Å². The van der Waals surface area contributed by atoms with Gasteiger partial charge in [0.1, 0.15) is 0 Å². The highest BCUT2D eigenvalue weighted by Gasteiger charge is 2.20. The number of aliphatic hydroxyl groups is 2. The Morgan fingerprint density at radius 2 is 0.530 bits per heavy atom. The lowest BCUT2D eigenvalue weighted by Crippen LogP contribution is -2.45. The number of carbonyl (C=O) groups excluding carboxylic acids is 1. The highest BCUT2D eigenvalue weighted by molar-refractivity contribution is 5.76. The Hall–Kier alpha value is -1.91. The molecule has 0 saturated carbocycles. The molecular weight excluding hydrogens is 1010 g/mol. The molecule has 0 rings (SSSR count). The molecule has 4 heteroatoms. The summed E-state index contributed by atoms with van der Waals surface area (Å²) in [4.78, 5) is 12.6. The number of amides is 1. The first kappa shape index (κ1) is 81.1. The van der Waals surface area contributed by atoms with Crippen LogP contribution in [0.4, 0.5) is 0 Å². The van der Waals surface area contributed by atoms with E-state index in [1.54, 1.807) is 0 Å². The normalized spacial score (nSPS) is 13.0. The molecule has 4 nitrogen and oxygen atoms in total. The van der Waals surface area contributed by atoms with E-state index in [-0.39, 0.29) is 12.5 Å². The van der Waals surface area contributed by atoms with E-state index in [1.165, 1.54) is 334 Å². The predicted molar refractivity (Wildman–Crippen MR) is 373 cm³/mol. The summed E-state index contributed by atoms with van der Waals surface area (Å²) in [5, 5.41) is 23.5. The molecule has 0 aliphatic rings. The number of hydrogen-bond donors (Lipinski definition) is 3. The molecule has 0 fully saturated rings. The number of rotatable bonds is 71. The van der Waals surface area contributed by atoms with Crippen LogP contribution in [0, 0.1) is 0 Å². The quantitative estimate of drug-likeness (QED) is 0.0420. The molecule has 2 unspecified atom stereocenters. The molecule has 488 valence electrons. The van der Waals surface area contributed by atoms with Gasteiger partial charge in [-0.15, -0.1) is 0 Å². The monoisotopic (exact) mass is 1160 g/mol. The van der Waals surface area contributed by atoms with Gasteiger partial charge in [-0.1, -0.05) is 415 Å². The molecule has 3 N–H and O–H groups in total. The summed E-state index contributed by atoms with van der Waals surface area (Å²) in [6.45, 7) is 4.29. The zero-order valence-corrected chi connectivity index (χ0v) is 56.5. The Labute approximate surface area is 521 Å². The molecule has 0 aliphatic carbocycles. The van der Waals surface area contributed by atoms with Crippen molar-refractivity contribution in [2.24, 2.45) is 0 Å². The molecule has 2 atom stereocenters. The maximum absolute atomic E-state index is 12.6. The number of aliphatic hydroxyl groups excluding tert-OH is 2. The predicted octanol–water partition coefficient (Wildman–Crippen LogP) is 26.2. The zero-order valence-electron chi connectivity index (χ0n) is 56.5. The SMILES string of the molecule is CC/C=C\C/C=C\C/C=C\C/C=C\C/C=C\CCCCCCCCCCCCCCCCCCCCCCCCCCCC(=O)NC(CO)C(O)CCCCCCCCCCCCCCCCCCCCCCCCCCCCCCCC. The van der Waals surface area contributed by atoms with Gasteiger partial charge in [0.05, 0.1) is 18.8 Å². The van der Waals surface area contributed by atoms with Crippen LogP contribution in [-0.4, -0.2) is 34.9 Å². The van der Waals surface area contributed by atoms with E-state index in [2.05, 4.69) is 79.9 Å². The van der Waals surface area contributed by atoms with Crippen LogP contribution in [0.1, 0.15) is 418 Å². The van der Waals surface area contributed by atoms with Crippen molar-refractivity contribution >= 4 is 5.91 Å². The van der Waals surface area contributed by atoms with Crippen molar-refractivity contribution in [1.29, 1.82) is 0 Å². The van der Waals surface area contributed by atoms with Crippen molar-refractivity contribution in [3.63, 3.8) is 0 Å². The Morgan fingerprint density at radius 1 is 0.301 bits per heavy atom. The minimum atomic E-state index is -0.661. The number of unbranched alkanes of at least 4 members (excludes halogenated alkanes) is 54. The van der Waals surface area contributed by atoms with Crippen LogP contribution in [0.15, 0.2) is 60.8 Å². The van der Waals surface area contributed by atoms with Crippen LogP contribution < -0.4 is 5.32 Å².